The van der Waals surface area contributed by atoms with E-state index in [1.54, 1.807) is 48.5 Å². The molecule has 180 valence electrons. The number of rotatable bonds is 6. The van der Waals surface area contributed by atoms with Gasteiger partial charge >= 0.3 is 17.8 Å². The van der Waals surface area contributed by atoms with Gasteiger partial charge in [-0.15, -0.1) is 0 Å². The number of benzene rings is 4. The van der Waals surface area contributed by atoms with E-state index in [4.69, 9.17) is 21.1 Å². The number of anilines is 1. The molecule has 0 radical (unpaired) electrons. The van der Waals surface area contributed by atoms with Crippen LogP contribution < -0.4 is 20.2 Å². The molecule has 0 aliphatic carbocycles. The Bertz CT molecular complexity index is 1480. The lowest BCUT2D eigenvalue weighted by Crippen LogP contribution is -2.32. The van der Waals surface area contributed by atoms with E-state index >= 15 is 0 Å². The second-order valence-corrected chi connectivity index (χ2v) is 7.87. The summed E-state index contributed by atoms with van der Waals surface area (Å²) in [5.74, 6) is -1.98. The number of esters is 1. The van der Waals surface area contributed by atoms with Crippen molar-refractivity contribution in [2.75, 3.05) is 12.4 Å². The van der Waals surface area contributed by atoms with E-state index in [9.17, 15) is 14.4 Å². The van der Waals surface area contributed by atoms with E-state index < -0.39 is 17.8 Å². The summed E-state index contributed by atoms with van der Waals surface area (Å²) in [5.41, 5.74) is 3.45. The molecule has 4 rings (SSSR count). The minimum absolute atomic E-state index is 0.179. The lowest BCUT2D eigenvalue weighted by molar-refractivity contribution is -0.136. The molecule has 0 aliphatic rings. The summed E-state index contributed by atoms with van der Waals surface area (Å²) in [6.45, 7) is 0. The number of halogens is 1. The van der Waals surface area contributed by atoms with E-state index in [0.29, 0.717) is 11.3 Å². The summed E-state index contributed by atoms with van der Waals surface area (Å²) in [6.07, 6.45) is 1.32. The van der Waals surface area contributed by atoms with Crippen LogP contribution in [-0.2, 0) is 9.59 Å². The van der Waals surface area contributed by atoms with Gasteiger partial charge in [-0.05, 0) is 47.3 Å². The lowest BCUT2D eigenvalue weighted by atomic mass is 10.1. The number of nitrogens with one attached hydrogen (secondary N) is 2. The number of amides is 2. The monoisotopic (exact) mass is 501 g/mol. The fraction of sp³-hybridized carbons (Fsp3) is 0.0370. The van der Waals surface area contributed by atoms with Crippen molar-refractivity contribution in [3.8, 4) is 11.5 Å². The number of ether oxygens (including phenoxy) is 2. The second-order valence-electron chi connectivity index (χ2n) is 7.46. The normalized spacial score (nSPS) is 10.7. The zero-order valence-corrected chi connectivity index (χ0v) is 19.8. The maximum absolute atomic E-state index is 12.4. The fourth-order valence-corrected chi connectivity index (χ4v) is 3.57. The van der Waals surface area contributed by atoms with Gasteiger partial charge in [0.2, 0.25) is 0 Å². The summed E-state index contributed by atoms with van der Waals surface area (Å²) in [6, 6.07) is 24.1. The third-order valence-electron chi connectivity index (χ3n) is 5.11. The van der Waals surface area contributed by atoms with Gasteiger partial charge < -0.3 is 14.8 Å². The molecule has 8 nitrogen and oxygen atoms in total. The predicted molar refractivity (Wildman–Crippen MR) is 138 cm³/mol. The van der Waals surface area contributed by atoms with Gasteiger partial charge in [-0.2, -0.15) is 5.10 Å². The van der Waals surface area contributed by atoms with Gasteiger partial charge in [0.15, 0.2) is 11.5 Å². The van der Waals surface area contributed by atoms with E-state index in [1.165, 1.54) is 19.4 Å². The third kappa shape index (κ3) is 5.68. The molecule has 4 aromatic rings. The first-order valence-electron chi connectivity index (χ1n) is 10.7. The summed E-state index contributed by atoms with van der Waals surface area (Å²) >= 11 is 6.05. The van der Waals surface area contributed by atoms with Crippen LogP contribution in [0.2, 0.25) is 5.02 Å². The van der Waals surface area contributed by atoms with Crippen molar-refractivity contribution in [3.63, 3.8) is 0 Å². The molecule has 2 N–H and O–H groups in total. The zero-order chi connectivity index (χ0) is 25.5. The van der Waals surface area contributed by atoms with Crippen molar-refractivity contribution in [1.29, 1.82) is 0 Å². The minimum atomic E-state index is -0.934. The quantitative estimate of drug-likeness (QED) is 0.130. The van der Waals surface area contributed by atoms with Gasteiger partial charge in [0, 0.05) is 11.1 Å². The fourth-order valence-electron chi connectivity index (χ4n) is 3.36. The number of fused-ring (bicyclic) bond motifs is 1. The maximum Gasteiger partial charge on any atom is 0.345 e. The molecule has 9 heteroatoms. The smallest absolute Gasteiger partial charge is 0.345 e. The molecule has 0 spiro atoms. The summed E-state index contributed by atoms with van der Waals surface area (Å²) in [5, 5.41) is 8.43. The predicted octanol–water partition coefficient (Wildman–Crippen LogP) is 4.81. The lowest BCUT2D eigenvalue weighted by Gasteiger charge is -2.10. The van der Waals surface area contributed by atoms with Crippen LogP contribution in [0.15, 0.2) is 90.0 Å². The number of carbonyl (C=O) groups excluding carboxylic acids is 3. The number of hydrogen-bond acceptors (Lipinski definition) is 6. The minimum Gasteiger partial charge on any atom is -0.493 e. The highest BCUT2D eigenvalue weighted by Gasteiger charge is 2.16. The van der Waals surface area contributed by atoms with E-state index in [1.807, 2.05) is 30.3 Å². The van der Waals surface area contributed by atoms with Crippen molar-refractivity contribution in [1.82, 2.24) is 5.43 Å². The Hall–Kier alpha value is -4.69. The first-order chi connectivity index (χ1) is 17.5. The van der Waals surface area contributed by atoms with E-state index in [0.717, 1.165) is 10.8 Å². The Morgan fingerprint density at radius 1 is 0.861 bits per heavy atom. The SMILES string of the molecule is COc1cc(C=NNC(=O)C(=O)Nc2cccc3ccccc23)ccc1OC(=O)c1ccccc1Cl. The molecule has 0 aliphatic heterocycles. The van der Waals surface area contributed by atoms with Gasteiger partial charge in [-0.1, -0.05) is 60.1 Å². The van der Waals surface area contributed by atoms with Crippen LogP contribution in [0.3, 0.4) is 0 Å². The number of hydrogen-bond donors (Lipinski definition) is 2. The molecule has 2 amide bonds. The Labute approximate surface area is 211 Å². The highest BCUT2D eigenvalue weighted by molar-refractivity contribution is 6.40. The maximum atomic E-state index is 12.4. The molecule has 0 saturated carbocycles. The van der Waals surface area contributed by atoms with Crippen LogP contribution in [0.5, 0.6) is 11.5 Å². The van der Waals surface area contributed by atoms with Crippen LogP contribution in [0.25, 0.3) is 10.8 Å². The summed E-state index contributed by atoms with van der Waals surface area (Å²) in [4.78, 5) is 36.9. The van der Waals surface area contributed by atoms with Gasteiger partial charge in [-0.25, -0.2) is 10.2 Å². The van der Waals surface area contributed by atoms with Crippen molar-refractivity contribution in [2.45, 2.75) is 0 Å². The first kappa shape index (κ1) is 24.4. The molecular weight excluding hydrogens is 482 g/mol. The van der Waals surface area contributed by atoms with Gasteiger partial charge in [0.25, 0.3) is 0 Å². The van der Waals surface area contributed by atoms with Crippen LogP contribution >= 0.6 is 11.6 Å². The number of hydrazone groups is 1. The standard InChI is InChI=1S/C27H20ClN3O5/c1-35-24-15-17(13-14-23(24)36-27(34)20-10-4-5-11-21(20)28)16-29-31-26(33)25(32)30-22-12-6-8-18-7-2-3-9-19(18)22/h2-16H,1H3,(H,30,32)(H,31,33). The highest BCUT2D eigenvalue weighted by Crippen LogP contribution is 2.29. The van der Waals surface area contributed by atoms with Gasteiger partial charge in [0.1, 0.15) is 0 Å². The molecule has 4 aromatic carbocycles. The van der Waals surface area contributed by atoms with Crippen LogP contribution in [0.4, 0.5) is 5.69 Å². The topological polar surface area (TPSA) is 106 Å². The number of nitrogens with zero attached hydrogens (tertiary/aromatic N) is 1. The molecule has 0 aromatic heterocycles. The van der Waals surface area contributed by atoms with E-state index in [2.05, 4.69) is 15.8 Å². The molecule has 0 saturated heterocycles. The molecular formula is C27H20ClN3O5. The van der Waals surface area contributed by atoms with Gasteiger partial charge in [0.05, 0.1) is 23.9 Å². The molecule has 36 heavy (non-hydrogen) atoms. The second kappa shape index (κ2) is 11.2. The first-order valence-corrected chi connectivity index (χ1v) is 11.1. The zero-order valence-electron chi connectivity index (χ0n) is 19.0. The number of carbonyl (C=O) groups is 3. The van der Waals surface area contributed by atoms with E-state index in [-0.39, 0.29) is 22.1 Å². The Balaban J connectivity index is 1.39. The highest BCUT2D eigenvalue weighted by atomic mass is 35.5. The molecule has 0 heterocycles. The average Bonchev–Trinajstić information content (AvgIpc) is 2.89. The largest absolute Gasteiger partial charge is 0.493 e. The Morgan fingerprint density at radius 2 is 1.61 bits per heavy atom. The Morgan fingerprint density at radius 3 is 2.42 bits per heavy atom. The molecule has 0 atom stereocenters. The molecule has 0 unspecified atom stereocenters. The van der Waals surface area contributed by atoms with Crippen LogP contribution in [0, 0.1) is 0 Å². The van der Waals surface area contributed by atoms with Crippen LogP contribution in [0.1, 0.15) is 15.9 Å². The van der Waals surface area contributed by atoms with Gasteiger partial charge in [-0.3, -0.25) is 9.59 Å². The third-order valence-corrected chi connectivity index (χ3v) is 5.44. The Kier molecular flexibility index (Phi) is 7.57. The average molecular weight is 502 g/mol. The molecule has 0 bridgehead atoms. The van der Waals surface area contributed by atoms with Crippen LogP contribution in [-0.4, -0.2) is 31.1 Å². The van der Waals surface area contributed by atoms with Crippen molar-refractivity contribution in [3.05, 3.63) is 101 Å². The summed E-state index contributed by atoms with van der Waals surface area (Å²) in [7, 11) is 1.42. The van der Waals surface area contributed by atoms with Crippen molar-refractivity contribution in [2.24, 2.45) is 5.10 Å². The number of methoxy groups -OCH3 is 1. The summed E-state index contributed by atoms with van der Waals surface area (Å²) < 4.78 is 10.7. The van der Waals surface area contributed by atoms with Crippen molar-refractivity contribution >= 4 is 52.1 Å². The molecule has 0 fully saturated rings. The van der Waals surface area contributed by atoms with Crippen molar-refractivity contribution < 1.29 is 23.9 Å².